The van der Waals surface area contributed by atoms with Crippen molar-refractivity contribution in [3.05, 3.63) is 24.0 Å². The summed E-state index contributed by atoms with van der Waals surface area (Å²) < 4.78 is 5.65. The first-order valence-electron chi connectivity index (χ1n) is 7.15. The molecule has 0 spiro atoms. The molecule has 0 fully saturated rings. The molecule has 0 aliphatic rings. The molecule has 0 aromatic carbocycles. The number of nitrogens with one attached hydrogen (secondary N) is 1. The van der Waals surface area contributed by atoms with Gasteiger partial charge in [0.2, 0.25) is 0 Å². The molecular formula is C15H26N2O. The van der Waals surface area contributed by atoms with E-state index in [1.54, 1.807) is 0 Å². The average molecular weight is 250 g/mol. The van der Waals surface area contributed by atoms with E-state index >= 15 is 0 Å². The number of ether oxygens (including phenoxy) is 1. The third-order valence-corrected chi connectivity index (χ3v) is 2.80. The Bertz CT molecular complexity index is 298. The van der Waals surface area contributed by atoms with Crippen LogP contribution in [0.25, 0.3) is 0 Å². The normalized spacial score (nSPS) is 10.6. The van der Waals surface area contributed by atoms with E-state index in [4.69, 9.17) is 4.74 Å². The van der Waals surface area contributed by atoms with Gasteiger partial charge in [-0.25, -0.2) is 0 Å². The molecule has 3 heteroatoms. The highest BCUT2D eigenvalue weighted by Crippen LogP contribution is 2.10. The second-order valence-electron chi connectivity index (χ2n) is 4.57. The number of unbranched alkanes of at least 4 members (excludes halogenated alkanes) is 3. The lowest BCUT2D eigenvalue weighted by atomic mass is 10.2. The van der Waals surface area contributed by atoms with Gasteiger partial charge in [0.1, 0.15) is 5.75 Å². The summed E-state index contributed by atoms with van der Waals surface area (Å²) in [6.07, 6.45) is 7.92. The van der Waals surface area contributed by atoms with Crippen molar-refractivity contribution in [2.45, 2.75) is 52.5 Å². The summed E-state index contributed by atoms with van der Waals surface area (Å²) in [5.74, 6) is 0.880. The van der Waals surface area contributed by atoms with Crippen LogP contribution in [0.1, 0.15) is 51.6 Å². The molecule has 0 aliphatic heterocycles. The number of aromatic nitrogens is 1. The van der Waals surface area contributed by atoms with Crippen LogP contribution in [0.2, 0.25) is 0 Å². The van der Waals surface area contributed by atoms with Gasteiger partial charge in [-0.3, -0.25) is 4.98 Å². The molecule has 0 amide bonds. The molecule has 1 aromatic heterocycles. The van der Waals surface area contributed by atoms with Gasteiger partial charge in [0.05, 0.1) is 18.5 Å². The molecule has 0 saturated carbocycles. The van der Waals surface area contributed by atoms with Crippen LogP contribution in [0.4, 0.5) is 0 Å². The number of hydrogen-bond acceptors (Lipinski definition) is 3. The first kappa shape index (κ1) is 15.0. The van der Waals surface area contributed by atoms with Crippen LogP contribution in [0, 0.1) is 0 Å². The Balaban J connectivity index is 2.19. The zero-order valence-electron chi connectivity index (χ0n) is 11.7. The monoisotopic (exact) mass is 250 g/mol. The van der Waals surface area contributed by atoms with Crippen molar-refractivity contribution in [2.75, 3.05) is 13.2 Å². The summed E-state index contributed by atoms with van der Waals surface area (Å²) in [7, 11) is 0. The molecule has 0 radical (unpaired) electrons. The summed E-state index contributed by atoms with van der Waals surface area (Å²) >= 11 is 0. The van der Waals surface area contributed by atoms with Crippen LogP contribution < -0.4 is 10.1 Å². The highest BCUT2D eigenvalue weighted by Gasteiger charge is 1.97. The fraction of sp³-hybridized carbons (Fsp3) is 0.667. The van der Waals surface area contributed by atoms with Crippen LogP contribution in [-0.2, 0) is 6.54 Å². The molecule has 0 unspecified atom stereocenters. The van der Waals surface area contributed by atoms with Crippen LogP contribution in [0.3, 0.4) is 0 Å². The Morgan fingerprint density at radius 2 is 2.00 bits per heavy atom. The maximum atomic E-state index is 5.65. The maximum absolute atomic E-state index is 5.65. The molecule has 0 bridgehead atoms. The quantitative estimate of drug-likeness (QED) is 0.645. The standard InChI is InChI=1S/C15H26N2O/c1-3-5-6-7-11-18-15-9-8-14(17-13-15)12-16-10-4-2/h8-9,13,16H,3-7,10-12H2,1-2H3. The molecule has 0 atom stereocenters. The summed E-state index contributed by atoms with van der Waals surface area (Å²) in [5.41, 5.74) is 1.07. The summed E-state index contributed by atoms with van der Waals surface area (Å²) in [6.45, 7) is 7.06. The van der Waals surface area contributed by atoms with Gasteiger partial charge in [-0.15, -0.1) is 0 Å². The highest BCUT2D eigenvalue weighted by molar-refractivity contribution is 5.19. The first-order chi connectivity index (χ1) is 8.86. The molecular weight excluding hydrogens is 224 g/mol. The van der Waals surface area contributed by atoms with Crippen molar-refractivity contribution in [1.29, 1.82) is 0 Å². The second kappa shape index (κ2) is 9.89. The Morgan fingerprint density at radius 3 is 2.67 bits per heavy atom. The van der Waals surface area contributed by atoms with E-state index < -0.39 is 0 Å². The minimum Gasteiger partial charge on any atom is -0.492 e. The van der Waals surface area contributed by atoms with E-state index in [9.17, 15) is 0 Å². The summed E-state index contributed by atoms with van der Waals surface area (Å²) in [6, 6.07) is 4.04. The first-order valence-corrected chi connectivity index (χ1v) is 7.15. The third-order valence-electron chi connectivity index (χ3n) is 2.80. The Morgan fingerprint density at radius 1 is 1.11 bits per heavy atom. The van der Waals surface area contributed by atoms with E-state index in [1.807, 2.05) is 18.3 Å². The summed E-state index contributed by atoms with van der Waals surface area (Å²) in [5, 5.41) is 3.33. The smallest absolute Gasteiger partial charge is 0.137 e. The van der Waals surface area contributed by atoms with Crippen LogP contribution in [0.5, 0.6) is 5.75 Å². The number of nitrogens with zero attached hydrogens (tertiary/aromatic N) is 1. The van der Waals surface area contributed by atoms with Gasteiger partial charge in [-0.1, -0.05) is 33.1 Å². The fourth-order valence-corrected chi connectivity index (χ4v) is 1.71. The van der Waals surface area contributed by atoms with Crippen molar-refractivity contribution >= 4 is 0 Å². The van der Waals surface area contributed by atoms with E-state index in [0.717, 1.165) is 44.0 Å². The Hall–Kier alpha value is -1.09. The minimum absolute atomic E-state index is 0.801. The molecule has 1 rings (SSSR count). The maximum Gasteiger partial charge on any atom is 0.137 e. The van der Waals surface area contributed by atoms with E-state index in [0.29, 0.717) is 0 Å². The van der Waals surface area contributed by atoms with Gasteiger partial charge < -0.3 is 10.1 Å². The molecule has 102 valence electrons. The third kappa shape index (κ3) is 6.60. The SMILES string of the molecule is CCCCCCOc1ccc(CNCCC)nc1. The van der Waals surface area contributed by atoms with Crippen molar-refractivity contribution < 1.29 is 4.74 Å². The lowest BCUT2D eigenvalue weighted by Crippen LogP contribution is -2.14. The van der Waals surface area contributed by atoms with Crippen LogP contribution >= 0.6 is 0 Å². The van der Waals surface area contributed by atoms with Gasteiger partial charge in [-0.2, -0.15) is 0 Å². The van der Waals surface area contributed by atoms with Crippen molar-refractivity contribution in [1.82, 2.24) is 10.3 Å². The molecule has 3 nitrogen and oxygen atoms in total. The predicted molar refractivity (Wildman–Crippen MR) is 75.9 cm³/mol. The largest absolute Gasteiger partial charge is 0.492 e. The molecule has 18 heavy (non-hydrogen) atoms. The molecule has 0 saturated heterocycles. The van der Waals surface area contributed by atoms with Crippen molar-refractivity contribution in [3.63, 3.8) is 0 Å². The van der Waals surface area contributed by atoms with E-state index in [2.05, 4.69) is 24.1 Å². The Labute approximate surface area is 111 Å². The minimum atomic E-state index is 0.801. The predicted octanol–water partition coefficient (Wildman–Crippen LogP) is 3.54. The van der Waals surface area contributed by atoms with E-state index in [-0.39, 0.29) is 0 Å². The van der Waals surface area contributed by atoms with Crippen LogP contribution in [0.15, 0.2) is 18.3 Å². The number of pyridine rings is 1. The summed E-state index contributed by atoms with van der Waals surface area (Å²) in [4.78, 5) is 4.38. The topological polar surface area (TPSA) is 34.1 Å². The average Bonchev–Trinajstić information content (AvgIpc) is 2.40. The lowest BCUT2D eigenvalue weighted by molar-refractivity contribution is 0.303. The number of hydrogen-bond donors (Lipinski definition) is 1. The van der Waals surface area contributed by atoms with Crippen molar-refractivity contribution in [3.8, 4) is 5.75 Å². The number of rotatable bonds is 10. The zero-order chi connectivity index (χ0) is 13.1. The van der Waals surface area contributed by atoms with Crippen LogP contribution in [-0.4, -0.2) is 18.1 Å². The van der Waals surface area contributed by atoms with Gasteiger partial charge >= 0.3 is 0 Å². The molecule has 1 heterocycles. The van der Waals surface area contributed by atoms with Gasteiger partial charge in [0, 0.05) is 6.54 Å². The molecule has 1 aromatic rings. The van der Waals surface area contributed by atoms with Crippen molar-refractivity contribution in [2.24, 2.45) is 0 Å². The highest BCUT2D eigenvalue weighted by atomic mass is 16.5. The second-order valence-corrected chi connectivity index (χ2v) is 4.57. The zero-order valence-corrected chi connectivity index (χ0v) is 11.7. The molecule has 0 aliphatic carbocycles. The van der Waals surface area contributed by atoms with Gasteiger partial charge in [0.25, 0.3) is 0 Å². The Kier molecular flexibility index (Phi) is 8.23. The lowest BCUT2D eigenvalue weighted by Gasteiger charge is -2.07. The van der Waals surface area contributed by atoms with E-state index in [1.165, 1.54) is 19.3 Å². The van der Waals surface area contributed by atoms with Gasteiger partial charge in [-0.05, 0) is 31.5 Å². The van der Waals surface area contributed by atoms with Gasteiger partial charge in [0.15, 0.2) is 0 Å². The molecule has 1 N–H and O–H groups in total. The fourth-order valence-electron chi connectivity index (χ4n) is 1.71.